The number of carbonyl (C=O) groups is 2. The van der Waals surface area contributed by atoms with Crippen molar-refractivity contribution in [1.82, 2.24) is 10.0 Å². The summed E-state index contributed by atoms with van der Waals surface area (Å²) < 4.78 is 5.03. The first-order valence-corrected chi connectivity index (χ1v) is 13.0. The fourth-order valence-corrected chi connectivity index (χ4v) is 4.98. The molecule has 1 aromatic carbocycles. The molecule has 1 aliphatic rings. The van der Waals surface area contributed by atoms with Crippen molar-refractivity contribution in [3.63, 3.8) is 0 Å². The van der Waals surface area contributed by atoms with Gasteiger partial charge in [0, 0.05) is 31.0 Å². The Morgan fingerprint density at radius 1 is 1.29 bits per heavy atom. The number of amides is 1. The number of furan rings is 1. The predicted octanol–water partition coefficient (Wildman–Crippen LogP) is 5.23. The number of benzene rings is 1. The van der Waals surface area contributed by atoms with Crippen molar-refractivity contribution < 1.29 is 24.2 Å². The summed E-state index contributed by atoms with van der Waals surface area (Å²) in [4.78, 5) is 24.2. The van der Waals surface area contributed by atoms with Gasteiger partial charge in [-0.3, -0.25) is 9.80 Å². The SMILES string of the molecule is C=C/C=C(/CCN1C(=O)SCCN1CC[C@@H](O)Cc1cccc(C#Cc2ccoc2)c1)SC(=O)O. The molecule has 3 rings (SSSR count). The number of allylic oxidation sites excluding steroid dienone is 2. The van der Waals surface area contributed by atoms with Crippen LogP contribution < -0.4 is 0 Å². The zero-order valence-corrected chi connectivity index (χ0v) is 20.9. The Balaban J connectivity index is 1.54. The van der Waals surface area contributed by atoms with E-state index in [4.69, 9.17) is 9.52 Å². The molecule has 35 heavy (non-hydrogen) atoms. The lowest BCUT2D eigenvalue weighted by Gasteiger charge is -2.38. The van der Waals surface area contributed by atoms with Gasteiger partial charge < -0.3 is 14.6 Å². The number of hydrogen-bond acceptors (Lipinski definition) is 7. The Morgan fingerprint density at radius 3 is 2.86 bits per heavy atom. The first-order valence-electron chi connectivity index (χ1n) is 11.2. The maximum absolute atomic E-state index is 12.5. The van der Waals surface area contributed by atoms with Gasteiger partial charge in [0.1, 0.15) is 6.26 Å². The molecule has 2 heterocycles. The molecule has 1 saturated heterocycles. The van der Waals surface area contributed by atoms with Gasteiger partial charge in [-0.05, 0) is 59.7 Å². The lowest BCUT2D eigenvalue weighted by atomic mass is 10.0. The van der Waals surface area contributed by atoms with E-state index in [1.165, 1.54) is 11.8 Å². The highest BCUT2D eigenvalue weighted by atomic mass is 32.2. The number of nitrogens with zero attached hydrogens (tertiary/aromatic N) is 2. The highest BCUT2D eigenvalue weighted by Gasteiger charge is 2.27. The highest BCUT2D eigenvalue weighted by Crippen LogP contribution is 2.25. The second-order valence-electron chi connectivity index (χ2n) is 7.79. The maximum atomic E-state index is 12.5. The highest BCUT2D eigenvalue weighted by molar-refractivity contribution is 8.16. The molecule has 1 atom stereocenters. The molecule has 0 aliphatic carbocycles. The minimum Gasteiger partial charge on any atom is -0.473 e. The predicted molar refractivity (Wildman–Crippen MR) is 140 cm³/mol. The molecule has 1 amide bonds. The molecule has 1 fully saturated rings. The van der Waals surface area contributed by atoms with Crippen LogP contribution in [0.5, 0.6) is 0 Å². The Hall–Kier alpha value is -2.90. The number of hydrogen-bond donors (Lipinski definition) is 2. The van der Waals surface area contributed by atoms with Crippen LogP contribution in [0.15, 0.2) is 70.9 Å². The summed E-state index contributed by atoms with van der Waals surface area (Å²) in [5.74, 6) is 6.83. The molecule has 0 radical (unpaired) electrons. The van der Waals surface area contributed by atoms with Gasteiger partial charge in [-0.15, -0.1) is 0 Å². The summed E-state index contributed by atoms with van der Waals surface area (Å²) in [7, 11) is 0. The van der Waals surface area contributed by atoms with E-state index in [9.17, 15) is 14.7 Å². The molecule has 7 nitrogen and oxygen atoms in total. The minimum absolute atomic E-state index is 0.0621. The molecule has 0 spiro atoms. The van der Waals surface area contributed by atoms with Gasteiger partial charge in [0.25, 0.3) is 5.24 Å². The molecule has 0 bridgehead atoms. The van der Waals surface area contributed by atoms with E-state index in [1.54, 1.807) is 35.8 Å². The first-order chi connectivity index (χ1) is 16.9. The number of hydrazine groups is 1. The van der Waals surface area contributed by atoms with Crippen LogP contribution in [0.2, 0.25) is 0 Å². The second-order valence-corrected chi connectivity index (χ2v) is 9.91. The number of carbonyl (C=O) groups excluding carboxylic acids is 1. The van der Waals surface area contributed by atoms with Crippen LogP contribution in [0, 0.1) is 11.8 Å². The number of carboxylic acid groups (broad SMARTS) is 1. The summed E-state index contributed by atoms with van der Waals surface area (Å²) in [6.45, 7) is 5.22. The zero-order valence-electron chi connectivity index (χ0n) is 19.3. The van der Waals surface area contributed by atoms with Gasteiger partial charge in [0.05, 0.1) is 17.9 Å². The molecule has 2 N–H and O–H groups in total. The average Bonchev–Trinajstić information content (AvgIpc) is 3.34. The van der Waals surface area contributed by atoms with Gasteiger partial charge in [0.15, 0.2) is 0 Å². The van der Waals surface area contributed by atoms with Crippen LogP contribution in [0.4, 0.5) is 9.59 Å². The van der Waals surface area contributed by atoms with Gasteiger partial charge in [0.2, 0.25) is 0 Å². The van der Waals surface area contributed by atoms with Crippen LogP contribution in [0.3, 0.4) is 0 Å². The van der Waals surface area contributed by atoms with E-state index < -0.39 is 11.4 Å². The topological polar surface area (TPSA) is 94.2 Å². The monoisotopic (exact) mass is 512 g/mol. The van der Waals surface area contributed by atoms with E-state index in [2.05, 4.69) is 18.4 Å². The minimum atomic E-state index is -0.992. The number of aliphatic hydroxyl groups is 1. The lowest BCUT2D eigenvalue weighted by Crippen LogP contribution is -2.50. The molecule has 0 unspecified atom stereocenters. The molecular formula is C26H28N2O5S2. The van der Waals surface area contributed by atoms with E-state index in [0.717, 1.165) is 28.5 Å². The van der Waals surface area contributed by atoms with Crippen molar-refractivity contribution in [2.75, 3.05) is 25.4 Å². The summed E-state index contributed by atoms with van der Waals surface area (Å²) in [6.07, 6.45) is 7.20. The third kappa shape index (κ3) is 9.00. The maximum Gasteiger partial charge on any atom is 0.369 e. The standard InChI is InChI=1S/C26H28N2O5S2/c1-2-4-24(35-26(31)32)10-13-28-25(30)34-16-14-27(28)12-9-23(29)18-22-6-3-5-20(17-22)7-8-21-11-15-33-19-21/h2-6,11,15,17,19,23,29H,1,9-10,12-14,16,18H2,(H,31,32)/b24-4-/t23-/m1/s1. The second kappa shape index (κ2) is 13.9. The van der Waals surface area contributed by atoms with Crippen molar-refractivity contribution in [1.29, 1.82) is 0 Å². The van der Waals surface area contributed by atoms with Gasteiger partial charge in [-0.25, -0.2) is 9.80 Å². The van der Waals surface area contributed by atoms with Gasteiger partial charge >= 0.3 is 5.30 Å². The van der Waals surface area contributed by atoms with Crippen molar-refractivity contribution in [3.8, 4) is 11.8 Å². The molecule has 9 heteroatoms. The largest absolute Gasteiger partial charge is 0.473 e. The summed E-state index contributed by atoms with van der Waals surface area (Å²) in [6, 6.07) is 9.59. The Bertz CT molecular complexity index is 1100. The number of thioether (sulfide) groups is 2. The molecule has 0 saturated carbocycles. The summed E-state index contributed by atoms with van der Waals surface area (Å²) in [5, 5.41) is 22.3. The van der Waals surface area contributed by atoms with Crippen LogP contribution in [-0.4, -0.2) is 62.3 Å². The van der Waals surface area contributed by atoms with Gasteiger partial charge in [-0.1, -0.05) is 54.5 Å². The van der Waals surface area contributed by atoms with Crippen molar-refractivity contribution in [3.05, 3.63) is 83.2 Å². The van der Waals surface area contributed by atoms with Crippen molar-refractivity contribution >= 4 is 34.1 Å². The lowest BCUT2D eigenvalue weighted by molar-refractivity contribution is 0.0150. The van der Waals surface area contributed by atoms with Crippen LogP contribution >= 0.6 is 23.5 Å². The summed E-state index contributed by atoms with van der Waals surface area (Å²) in [5.41, 5.74) is 2.66. The van der Waals surface area contributed by atoms with E-state index in [0.29, 0.717) is 49.6 Å². The third-order valence-electron chi connectivity index (χ3n) is 5.21. The number of rotatable bonds is 10. The van der Waals surface area contributed by atoms with E-state index >= 15 is 0 Å². The number of aliphatic hydroxyl groups excluding tert-OH is 1. The molecular weight excluding hydrogens is 484 g/mol. The molecule has 1 aromatic heterocycles. The molecule has 1 aliphatic heterocycles. The zero-order chi connectivity index (χ0) is 25.0. The fourth-order valence-electron chi connectivity index (χ4n) is 3.57. The molecule has 2 aromatic rings. The van der Waals surface area contributed by atoms with Crippen molar-refractivity contribution in [2.24, 2.45) is 0 Å². The third-order valence-corrected chi connectivity index (χ3v) is 6.83. The van der Waals surface area contributed by atoms with Crippen LogP contribution in [0.1, 0.15) is 29.5 Å². The fraction of sp³-hybridized carbons (Fsp3) is 0.308. The first kappa shape index (κ1) is 26.7. The van der Waals surface area contributed by atoms with E-state index in [1.807, 2.05) is 29.3 Å². The van der Waals surface area contributed by atoms with Crippen LogP contribution in [-0.2, 0) is 6.42 Å². The Kier molecular flexibility index (Phi) is 10.6. The van der Waals surface area contributed by atoms with E-state index in [-0.39, 0.29) is 5.24 Å². The smallest absolute Gasteiger partial charge is 0.369 e. The molecule has 184 valence electrons. The van der Waals surface area contributed by atoms with Crippen molar-refractivity contribution in [2.45, 2.75) is 25.4 Å². The average molecular weight is 513 g/mol. The Labute approximate surface area is 213 Å². The Morgan fingerprint density at radius 2 is 2.11 bits per heavy atom. The van der Waals surface area contributed by atoms with Gasteiger partial charge in [-0.2, -0.15) is 0 Å². The summed E-state index contributed by atoms with van der Waals surface area (Å²) >= 11 is 1.98. The van der Waals surface area contributed by atoms with Crippen LogP contribution in [0.25, 0.3) is 0 Å². The normalized spacial score (nSPS) is 15.4. The quantitative estimate of drug-likeness (QED) is 0.330.